The summed E-state index contributed by atoms with van der Waals surface area (Å²) < 4.78 is 2.09. The van der Waals surface area contributed by atoms with Crippen LogP contribution in [0, 0.1) is 0 Å². The molecule has 0 aliphatic carbocycles. The standard InChI is InChI=1S/C14H11BrS2/c15-12-6-8-13(9-7-12)17-14(16)10-11-4-2-1-3-5-11/h1-9H,10H2. The summed E-state index contributed by atoms with van der Waals surface area (Å²) in [6.45, 7) is 0. The first-order valence-corrected chi connectivity index (χ1v) is 7.26. The molecule has 0 radical (unpaired) electrons. The molecular formula is C14H11BrS2. The average molecular weight is 323 g/mol. The summed E-state index contributed by atoms with van der Waals surface area (Å²) in [5, 5.41) is 0. The minimum absolute atomic E-state index is 0.844. The van der Waals surface area contributed by atoms with Gasteiger partial charge in [-0.3, -0.25) is 0 Å². The van der Waals surface area contributed by atoms with Gasteiger partial charge in [0.2, 0.25) is 0 Å². The van der Waals surface area contributed by atoms with Crippen LogP contribution in [-0.2, 0) is 6.42 Å². The van der Waals surface area contributed by atoms with Crippen molar-refractivity contribution in [2.45, 2.75) is 11.3 Å². The molecule has 0 spiro atoms. The van der Waals surface area contributed by atoms with Crippen molar-refractivity contribution in [3.63, 3.8) is 0 Å². The van der Waals surface area contributed by atoms with Crippen LogP contribution in [-0.4, -0.2) is 4.20 Å². The summed E-state index contributed by atoms with van der Waals surface area (Å²) in [7, 11) is 0. The number of rotatable bonds is 3. The van der Waals surface area contributed by atoms with E-state index in [9.17, 15) is 0 Å². The van der Waals surface area contributed by atoms with Crippen LogP contribution in [0.5, 0.6) is 0 Å². The molecule has 0 aliphatic rings. The summed E-state index contributed by atoms with van der Waals surface area (Å²) >= 11 is 10.5. The van der Waals surface area contributed by atoms with Crippen LogP contribution in [0.1, 0.15) is 5.56 Å². The highest BCUT2D eigenvalue weighted by Crippen LogP contribution is 2.23. The molecule has 0 aliphatic heterocycles. The highest BCUT2D eigenvalue weighted by atomic mass is 79.9. The van der Waals surface area contributed by atoms with Crippen LogP contribution in [0.25, 0.3) is 0 Å². The van der Waals surface area contributed by atoms with Crippen molar-refractivity contribution in [3.05, 3.63) is 64.6 Å². The zero-order valence-corrected chi connectivity index (χ0v) is 12.3. The van der Waals surface area contributed by atoms with Gasteiger partial charge in [0.05, 0.1) is 4.20 Å². The van der Waals surface area contributed by atoms with Crippen molar-refractivity contribution in [2.24, 2.45) is 0 Å². The maximum Gasteiger partial charge on any atom is 0.0570 e. The van der Waals surface area contributed by atoms with Crippen LogP contribution in [0.15, 0.2) is 64.0 Å². The lowest BCUT2D eigenvalue weighted by Crippen LogP contribution is -1.94. The Hall–Kier alpha value is -0.640. The summed E-state index contributed by atoms with van der Waals surface area (Å²) in [6.07, 6.45) is 0.844. The van der Waals surface area contributed by atoms with Gasteiger partial charge in [0.25, 0.3) is 0 Å². The SMILES string of the molecule is S=C(Cc1ccccc1)Sc1ccc(Br)cc1. The quantitative estimate of drug-likeness (QED) is 0.568. The molecule has 0 amide bonds. The monoisotopic (exact) mass is 322 g/mol. The van der Waals surface area contributed by atoms with E-state index in [4.69, 9.17) is 12.2 Å². The Labute approximate surface area is 120 Å². The zero-order valence-electron chi connectivity index (χ0n) is 9.10. The fraction of sp³-hybridized carbons (Fsp3) is 0.0714. The van der Waals surface area contributed by atoms with E-state index in [1.807, 2.05) is 30.3 Å². The van der Waals surface area contributed by atoms with Crippen LogP contribution < -0.4 is 0 Å². The van der Waals surface area contributed by atoms with Gasteiger partial charge in [0, 0.05) is 15.8 Å². The van der Waals surface area contributed by atoms with E-state index in [0.29, 0.717) is 0 Å². The summed E-state index contributed by atoms with van der Waals surface area (Å²) in [6, 6.07) is 18.5. The minimum atomic E-state index is 0.844. The smallest absolute Gasteiger partial charge is 0.0570 e. The lowest BCUT2D eigenvalue weighted by Gasteiger charge is -2.04. The molecule has 2 rings (SSSR count). The van der Waals surface area contributed by atoms with E-state index in [-0.39, 0.29) is 0 Å². The molecule has 0 unspecified atom stereocenters. The van der Waals surface area contributed by atoms with Gasteiger partial charge in [0.1, 0.15) is 0 Å². The largest absolute Gasteiger partial charge is 0.0824 e. The van der Waals surface area contributed by atoms with Gasteiger partial charge in [-0.25, -0.2) is 0 Å². The molecule has 0 bridgehead atoms. The molecule has 0 nitrogen and oxygen atoms in total. The first-order valence-electron chi connectivity index (χ1n) is 5.24. The Balaban J connectivity index is 1.96. The van der Waals surface area contributed by atoms with Crippen LogP contribution in [0.3, 0.4) is 0 Å². The second-order valence-corrected chi connectivity index (χ2v) is 6.43. The number of benzene rings is 2. The third-order valence-electron chi connectivity index (χ3n) is 2.24. The number of thiocarbonyl (C=S) groups is 1. The van der Waals surface area contributed by atoms with Gasteiger partial charge in [-0.15, -0.1) is 0 Å². The molecule has 0 N–H and O–H groups in total. The third kappa shape index (κ3) is 4.26. The topological polar surface area (TPSA) is 0 Å². The van der Waals surface area contributed by atoms with Gasteiger partial charge in [-0.05, 0) is 29.8 Å². The fourth-order valence-corrected chi connectivity index (χ4v) is 2.93. The zero-order chi connectivity index (χ0) is 12.1. The van der Waals surface area contributed by atoms with Crippen molar-refractivity contribution in [3.8, 4) is 0 Å². The lowest BCUT2D eigenvalue weighted by molar-refractivity contribution is 1.37. The fourth-order valence-electron chi connectivity index (χ4n) is 1.43. The number of thioether (sulfide) groups is 1. The number of halogens is 1. The van der Waals surface area contributed by atoms with Gasteiger partial charge in [0.15, 0.2) is 0 Å². The van der Waals surface area contributed by atoms with Crippen molar-refractivity contribution in [1.29, 1.82) is 0 Å². The Bertz CT molecular complexity index is 491. The molecule has 2 aromatic carbocycles. The average Bonchev–Trinajstić information content (AvgIpc) is 2.33. The van der Waals surface area contributed by atoms with E-state index in [1.165, 1.54) is 10.5 Å². The first-order chi connectivity index (χ1) is 8.24. The lowest BCUT2D eigenvalue weighted by atomic mass is 10.2. The Morgan fingerprint density at radius 2 is 1.65 bits per heavy atom. The molecular weight excluding hydrogens is 312 g/mol. The number of hydrogen-bond acceptors (Lipinski definition) is 2. The van der Waals surface area contributed by atoms with E-state index in [2.05, 4.69) is 40.2 Å². The predicted molar refractivity (Wildman–Crippen MR) is 82.7 cm³/mol. The summed E-state index contributed by atoms with van der Waals surface area (Å²) in [5.74, 6) is 0. The van der Waals surface area contributed by atoms with Crippen molar-refractivity contribution in [1.82, 2.24) is 0 Å². The maximum absolute atomic E-state index is 5.40. The van der Waals surface area contributed by atoms with Gasteiger partial charge in [-0.1, -0.05) is 70.2 Å². The molecule has 0 heterocycles. The predicted octanol–water partition coefficient (Wildman–Crippen LogP) is 5.11. The van der Waals surface area contributed by atoms with Crippen molar-refractivity contribution in [2.75, 3.05) is 0 Å². The van der Waals surface area contributed by atoms with E-state index >= 15 is 0 Å². The highest BCUT2D eigenvalue weighted by molar-refractivity contribution is 9.10. The van der Waals surface area contributed by atoms with Gasteiger partial charge in [-0.2, -0.15) is 0 Å². The Kier molecular flexibility index (Phi) is 4.77. The maximum atomic E-state index is 5.40. The molecule has 0 fully saturated rings. The van der Waals surface area contributed by atoms with Crippen LogP contribution >= 0.6 is 39.9 Å². The second-order valence-electron chi connectivity index (χ2n) is 3.59. The molecule has 0 aromatic heterocycles. The van der Waals surface area contributed by atoms with Crippen molar-refractivity contribution < 1.29 is 0 Å². The van der Waals surface area contributed by atoms with Crippen molar-refractivity contribution >= 4 is 44.1 Å². The molecule has 2 aromatic rings. The normalized spacial score (nSPS) is 10.2. The van der Waals surface area contributed by atoms with Gasteiger partial charge < -0.3 is 0 Å². The molecule has 0 atom stereocenters. The number of hydrogen-bond donors (Lipinski definition) is 0. The molecule has 86 valence electrons. The van der Waals surface area contributed by atoms with Gasteiger partial charge >= 0.3 is 0 Å². The van der Waals surface area contributed by atoms with E-state index in [0.717, 1.165) is 15.1 Å². The first kappa shape index (κ1) is 12.8. The Morgan fingerprint density at radius 3 is 2.29 bits per heavy atom. The molecule has 0 saturated heterocycles. The highest BCUT2D eigenvalue weighted by Gasteiger charge is 2.02. The molecule has 17 heavy (non-hydrogen) atoms. The van der Waals surface area contributed by atoms with E-state index in [1.54, 1.807) is 11.8 Å². The summed E-state index contributed by atoms with van der Waals surface area (Å²) in [4.78, 5) is 1.19. The third-order valence-corrected chi connectivity index (χ3v) is 4.04. The minimum Gasteiger partial charge on any atom is -0.0824 e. The second kappa shape index (κ2) is 6.34. The van der Waals surface area contributed by atoms with E-state index < -0.39 is 0 Å². The van der Waals surface area contributed by atoms with Crippen LogP contribution in [0.2, 0.25) is 0 Å². The van der Waals surface area contributed by atoms with Crippen LogP contribution in [0.4, 0.5) is 0 Å². The Morgan fingerprint density at radius 1 is 1.00 bits per heavy atom. The molecule has 3 heteroatoms. The molecule has 0 saturated carbocycles. The summed E-state index contributed by atoms with van der Waals surface area (Å²) in [5.41, 5.74) is 1.27.